The Kier molecular flexibility index (Phi) is 3.91. The number of thiazole rings is 1. The predicted octanol–water partition coefficient (Wildman–Crippen LogP) is 3.65. The molecule has 6 nitrogen and oxygen atoms in total. The van der Waals surface area contributed by atoms with Gasteiger partial charge < -0.3 is 10.5 Å². The summed E-state index contributed by atoms with van der Waals surface area (Å²) in [6.45, 7) is 0. The van der Waals surface area contributed by atoms with Gasteiger partial charge in [0.2, 0.25) is 0 Å². The van der Waals surface area contributed by atoms with Gasteiger partial charge >= 0.3 is 0 Å². The highest BCUT2D eigenvalue weighted by Crippen LogP contribution is 2.32. The minimum atomic E-state index is 0.474. The average molecular weight is 349 g/mol. The van der Waals surface area contributed by atoms with Crippen molar-refractivity contribution in [2.24, 2.45) is 0 Å². The van der Waals surface area contributed by atoms with E-state index in [2.05, 4.69) is 15.3 Å². The van der Waals surface area contributed by atoms with Gasteiger partial charge in [-0.2, -0.15) is 4.68 Å². The van der Waals surface area contributed by atoms with Crippen LogP contribution in [0.1, 0.15) is 0 Å². The van der Waals surface area contributed by atoms with Crippen molar-refractivity contribution >= 4 is 17.2 Å². The van der Waals surface area contributed by atoms with E-state index in [9.17, 15) is 0 Å². The van der Waals surface area contributed by atoms with Gasteiger partial charge in [-0.25, -0.2) is 4.98 Å². The first-order chi connectivity index (χ1) is 12.3. The summed E-state index contributed by atoms with van der Waals surface area (Å²) in [6, 6.07) is 17.4. The summed E-state index contributed by atoms with van der Waals surface area (Å²) >= 11 is 1.49. The number of benzene rings is 2. The number of aromatic nitrogens is 4. The molecule has 0 aliphatic carbocycles. The molecule has 2 heterocycles. The summed E-state index contributed by atoms with van der Waals surface area (Å²) < 4.78 is 6.80. The molecule has 4 aromatic rings. The molecule has 0 bridgehead atoms. The fourth-order valence-electron chi connectivity index (χ4n) is 2.48. The highest BCUT2D eigenvalue weighted by Gasteiger charge is 2.16. The smallest absolute Gasteiger partial charge is 0.165 e. The lowest BCUT2D eigenvalue weighted by molar-refractivity contribution is 0.415. The van der Waals surface area contributed by atoms with Crippen LogP contribution in [0, 0.1) is 0 Å². The SMILES string of the molecule is COc1ccc(-c2csc(-c3nnn(-c4ccccc4)c3N)n2)cc1. The van der Waals surface area contributed by atoms with E-state index in [0.717, 1.165) is 27.7 Å². The standard InChI is InChI=1S/C18H15N5OS/c1-24-14-9-7-12(8-10-14)15-11-25-18(20-15)16-17(19)23(22-21-16)13-5-3-2-4-6-13/h2-11H,19H2,1H3. The molecule has 0 amide bonds. The third-order valence-corrected chi connectivity index (χ3v) is 4.65. The van der Waals surface area contributed by atoms with Crippen molar-refractivity contribution in [2.75, 3.05) is 12.8 Å². The Bertz CT molecular complexity index is 992. The molecule has 4 rings (SSSR count). The van der Waals surface area contributed by atoms with Gasteiger partial charge in [-0.15, -0.1) is 16.4 Å². The molecule has 7 heteroatoms. The molecule has 0 saturated heterocycles. The summed E-state index contributed by atoms with van der Waals surface area (Å²) in [5, 5.41) is 11.1. The van der Waals surface area contributed by atoms with Gasteiger partial charge in [-0.05, 0) is 36.4 Å². The Balaban J connectivity index is 1.67. The molecule has 0 saturated carbocycles. The molecule has 2 aromatic heterocycles. The van der Waals surface area contributed by atoms with Crippen molar-refractivity contribution < 1.29 is 4.74 Å². The quantitative estimate of drug-likeness (QED) is 0.608. The molecule has 0 spiro atoms. The van der Waals surface area contributed by atoms with Crippen LogP contribution in [0.5, 0.6) is 5.75 Å². The van der Waals surface area contributed by atoms with Crippen LogP contribution in [0.25, 0.3) is 27.6 Å². The van der Waals surface area contributed by atoms with E-state index in [1.54, 1.807) is 11.8 Å². The zero-order valence-corrected chi connectivity index (χ0v) is 14.3. The topological polar surface area (TPSA) is 78.9 Å². The van der Waals surface area contributed by atoms with Crippen LogP contribution in [0.4, 0.5) is 5.82 Å². The van der Waals surface area contributed by atoms with Crippen molar-refractivity contribution in [3.63, 3.8) is 0 Å². The van der Waals surface area contributed by atoms with Crippen molar-refractivity contribution in [3.8, 4) is 33.4 Å². The second-order valence-corrected chi connectivity index (χ2v) is 6.20. The minimum Gasteiger partial charge on any atom is -0.497 e. The van der Waals surface area contributed by atoms with Gasteiger partial charge in [0.25, 0.3) is 0 Å². The monoisotopic (exact) mass is 349 g/mol. The summed E-state index contributed by atoms with van der Waals surface area (Å²) in [5.41, 5.74) is 9.58. The predicted molar refractivity (Wildman–Crippen MR) is 98.9 cm³/mol. The molecule has 0 aliphatic heterocycles. The highest BCUT2D eigenvalue weighted by atomic mass is 32.1. The zero-order chi connectivity index (χ0) is 17.2. The van der Waals surface area contributed by atoms with Crippen LogP contribution >= 0.6 is 11.3 Å². The van der Waals surface area contributed by atoms with Crippen LogP contribution in [0.3, 0.4) is 0 Å². The summed E-state index contributed by atoms with van der Waals surface area (Å²) in [4.78, 5) is 4.66. The molecule has 2 N–H and O–H groups in total. The fourth-order valence-corrected chi connectivity index (χ4v) is 3.30. The minimum absolute atomic E-state index is 0.474. The number of anilines is 1. The summed E-state index contributed by atoms with van der Waals surface area (Å²) in [7, 11) is 1.65. The molecule has 0 fully saturated rings. The maximum absolute atomic E-state index is 6.24. The van der Waals surface area contributed by atoms with E-state index in [0.29, 0.717) is 11.5 Å². The second-order valence-electron chi connectivity index (χ2n) is 5.34. The molecule has 0 unspecified atom stereocenters. The van der Waals surface area contributed by atoms with E-state index in [1.165, 1.54) is 11.3 Å². The number of hydrogen-bond acceptors (Lipinski definition) is 6. The summed E-state index contributed by atoms with van der Waals surface area (Å²) in [5.74, 6) is 1.29. The molecule has 0 radical (unpaired) electrons. The zero-order valence-electron chi connectivity index (χ0n) is 13.5. The summed E-state index contributed by atoms with van der Waals surface area (Å²) in [6.07, 6.45) is 0. The highest BCUT2D eigenvalue weighted by molar-refractivity contribution is 7.13. The molecular formula is C18H15N5OS. The Labute approximate surface area is 148 Å². The van der Waals surface area contributed by atoms with Crippen molar-refractivity contribution in [1.82, 2.24) is 20.0 Å². The number of rotatable bonds is 4. The molecule has 0 aliphatic rings. The van der Waals surface area contributed by atoms with Gasteiger partial charge in [0.15, 0.2) is 11.5 Å². The molecule has 2 aromatic carbocycles. The van der Waals surface area contributed by atoms with Crippen molar-refractivity contribution in [3.05, 3.63) is 60.0 Å². The lowest BCUT2D eigenvalue weighted by atomic mass is 10.2. The Morgan fingerprint density at radius 1 is 1.04 bits per heavy atom. The number of nitrogens with two attached hydrogens (primary N) is 1. The Morgan fingerprint density at radius 3 is 2.52 bits per heavy atom. The van der Waals surface area contributed by atoms with E-state index >= 15 is 0 Å². The lowest BCUT2D eigenvalue weighted by Crippen LogP contribution is -2.01. The normalized spacial score (nSPS) is 10.8. The molecule has 25 heavy (non-hydrogen) atoms. The second kappa shape index (κ2) is 6.37. The third-order valence-electron chi connectivity index (χ3n) is 3.80. The van der Waals surface area contributed by atoms with Gasteiger partial charge in [0.1, 0.15) is 10.8 Å². The van der Waals surface area contributed by atoms with Crippen LogP contribution in [0.2, 0.25) is 0 Å². The third kappa shape index (κ3) is 2.85. The van der Waals surface area contributed by atoms with Crippen LogP contribution < -0.4 is 10.5 Å². The molecule has 124 valence electrons. The number of nitrogen functional groups attached to an aromatic ring is 1. The number of nitrogens with zero attached hydrogens (tertiary/aromatic N) is 4. The number of hydrogen-bond donors (Lipinski definition) is 1. The van der Waals surface area contributed by atoms with E-state index in [4.69, 9.17) is 10.5 Å². The number of ether oxygens (including phenoxy) is 1. The number of para-hydroxylation sites is 1. The maximum atomic E-state index is 6.24. The first-order valence-corrected chi connectivity index (χ1v) is 8.51. The van der Waals surface area contributed by atoms with Crippen LogP contribution in [0.15, 0.2) is 60.0 Å². The average Bonchev–Trinajstić information content (AvgIpc) is 3.29. The first kappa shape index (κ1) is 15.3. The van der Waals surface area contributed by atoms with Gasteiger partial charge in [-0.1, -0.05) is 23.4 Å². The fraction of sp³-hybridized carbons (Fsp3) is 0.0556. The Morgan fingerprint density at radius 2 is 1.80 bits per heavy atom. The Hall–Kier alpha value is -3.19. The lowest BCUT2D eigenvalue weighted by Gasteiger charge is -2.02. The first-order valence-electron chi connectivity index (χ1n) is 7.63. The largest absolute Gasteiger partial charge is 0.497 e. The number of methoxy groups -OCH3 is 1. The molecule has 0 atom stereocenters. The van der Waals surface area contributed by atoms with E-state index in [1.807, 2.05) is 60.0 Å². The van der Waals surface area contributed by atoms with Crippen LogP contribution in [-0.2, 0) is 0 Å². The van der Waals surface area contributed by atoms with Crippen molar-refractivity contribution in [2.45, 2.75) is 0 Å². The van der Waals surface area contributed by atoms with E-state index < -0.39 is 0 Å². The molecular weight excluding hydrogens is 334 g/mol. The van der Waals surface area contributed by atoms with Crippen molar-refractivity contribution in [1.29, 1.82) is 0 Å². The van der Waals surface area contributed by atoms with E-state index in [-0.39, 0.29) is 0 Å². The van der Waals surface area contributed by atoms with Gasteiger partial charge in [-0.3, -0.25) is 0 Å². The van der Waals surface area contributed by atoms with Gasteiger partial charge in [0, 0.05) is 10.9 Å². The van der Waals surface area contributed by atoms with Gasteiger partial charge in [0.05, 0.1) is 18.5 Å². The maximum Gasteiger partial charge on any atom is 0.165 e. The van der Waals surface area contributed by atoms with Crippen LogP contribution in [-0.4, -0.2) is 27.1 Å².